The first-order chi connectivity index (χ1) is 13.6. The molecule has 0 fully saturated rings. The molecule has 0 unspecified atom stereocenters. The largest absolute Gasteiger partial charge is 0.292 e. The molecular weight excluding hydrogens is 392 g/mol. The van der Waals surface area contributed by atoms with Gasteiger partial charge in [-0.3, -0.25) is 18.6 Å². The summed E-state index contributed by atoms with van der Waals surface area (Å²) < 4.78 is 3.58. The number of hydrogen-bond acceptors (Lipinski definition) is 6. The Labute approximate surface area is 170 Å². The minimum absolute atomic E-state index is 0.0503. The van der Waals surface area contributed by atoms with Crippen LogP contribution in [0.1, 0.15) is 34.3 Å². The van der Waals surface area contributed by atoms with Crippen molar-refractivity contribution >= 4 is 45.6 Å². The van der Waals surface area contributed by atoms with Crippen LogP contribution in [0.2, 0.25) is 0 Å². The number of Topliss-reactive ketones (excluding diaryl/α,β-unsaturated/α-hetero) is 1. The molecule has 8 heteroatoms. The summed E-state index contributed by atoms with van der Waals surface area (Å²) in [4.78, 5) is 27.3. The standard InChI is InChI=1S/C20H20N4O2S2/c1-3-4-11-23-18(26)14-7-5-6-8-15(14)24-19(23)21-22-20(24)27-12-16(25)17-10-9-13(2)28-17/h5-10H,3-4,11-12H2,1-2H3. The topological polar surface area (TPSA) is 69.3 Å². The summed E-state index contributed by atoms with van der Waals surface area (Å²) >= 11 is 2.85. The number of aromatic nitrogens is 4. The lowest BCUT2D eigenvalue weighted by Gasteiger charge is -2.10. The Balaban J connectivity index is 1.76. The highest BCUT2D eigenvalue weighted by Gasteiger charge is 2.18. The molecule has 144 valence electrons. The number of thioether (sulfide) groups is 1. The highest BCUT2D eigenvalue weighted by Crippen LogP contribution is 2.24. The first-order valence-corrected chi connectivity index (χ1v) is 11.0. The minimum atomic E-state index is -0.0503. The van der Waals surface area contributed by atoms with Crippen molar-refractivity contribution in [3.8, 4) is 0 Å². The van der Waals surface area contributed by atoms with E-state index in [4.69, 9.17) is 0 Å². The number of nitrogens with zero attached hydrogens (tertiary/aromatic N) is 4. The Kier molecular flexibility index (Phi) is 5.32. The molecule has 4 aromatic rings. The van der Waals surface area contributed by atoms with Crippen LogP contribution in [0.25, 0.3) is 16.7 Å². The summed E-state index contributed by atoms with van der Waals surface area (Å²) in [5.74, 6) is 0.880. The molecule has 4 rings (SSSR count). The van der Waals surface area contributed by atoms with Gasteiger partial charge in [-0.25, -0.2) is 0 Å². The van der Waals surface area contributed by atoms with E-state index in [9.17, 15) is 9.59 Å². The zero-order valence-corrected chi connectivity index (χ0v) is 17.3. The zero-order valence-electron chi connectivity index (χ0n) is 15.7. The van der Waals surface area contributed by atoms with E-state index in [1.54, 1.807) is 4.57 Å². The van der Waals surface area contributed by atoms with Gasteiger partial charge in [0.2, 0.25) is 5.78 Å². The van der Waals surface area contributed by atoms with Crippen LogP contribution in [-0.2, 0) is 6.54 Å². The van der Waals surface area contributed by atoms with Crippen LogP contribution in [0.4, 0.5) is 0 Å². The van der Waals surface area contributed by atoms with E-state index in [2.05, 4.69) is 17.1 Å². The summed E-state index contributed by atoms with van der Waals surface area (Å²) in [5.41, 5.74) is 0.716. The van der Waals surface area contributed by atoms with E-state index in [-0.39, 0.29) is 17.1 Å². The van der Waals surface area contributed by atoms with Crippen molar-refractivity contribution in [3.63, 3.8) is 0 Å². The molecule has 3 aromatic heterocycles. The second-order valence-electron chi connectivity index (χ2n) is 6.57. The van der Waals surface area contributed by atoms with Gasteiger partial charge in [0.25, 0.3) is 5.56 Å². The zero-order chi connectivity index (χ0) is 19.7. The molecule has 3 heterocycles. The van der Waals surface area contributed by atoms with Gasteiger partial charge in [-0.2, -0.15) is 0 Å². The Morgan fingerprint density at radius 1 is 1.18 bits per heavy atom. The molecule has 0 saturated carbocycles. The van der Waals surface area contributed by atoms with Crippen molar-refractivity contribution in [2.45, 2.75) is 38.4 Å². The fourth-order valence-corrected chi connectivity index (χ4v) is 4.85. The monoisotopic (exact) mass is 412 g/mol. The molecule has 6 nitrogen and oxygen atoms in total. The third-order valence-corrected chi connectivity index (χ3v) is 6.53. The van der Waals surface area contributed by atoms with Gasteiger partial charge in [0.15, 0.2) is 10.9 Å². The molecule has 0 aliphatic rings. The highest BCUT2D eigenvalue weighted by molar-refractivity contribution is 7.99. The number of rotatable bonds is 7. The molecule has 0 N–H and O–H groups in total. The molecule has 0 saturated heterocycles. The minimum Gasteiger partial charge on any atom is -0.292 e. The van der Waals surface area contributed by atoms with Gasteiger partial charge in [-0.05, 0) is 37.6 Å². The Bertz CT molecular complexity index is 1220. The molecular formula is C20H20N4O2S2. The second-order valence-corrected chi connectivity index (χ2v) is 8.80. The van der Waals surface area contributed by atoms with Gasteiger partial charge in [-0.15, -0.1) is 21.5 Å². The van der Waals surface area contributed by atoms with Crippen molar-refractivity contribution in [2.24, 2.45) is 0 Å². The van der Waals surface area contributed by atoms with Crippen LogP contribution in [0.3, 0.4) is 0 Å². The van der Waals surface area contributed by atoms with E-state index >= 15 is 0 Å². The summed E-state index contributed by atoms with van der Waals surface area (Å²) in [6.45, 7) is 4.68. The maximum absolute atomic E-state index is 12.9. The Morgan fingerprint density at radius 3 is 2.75 bits per heavy atom. The smallest absolute Gasteiger partial charge is 0.262 e. The molecule has 0 spiro atoms. The van der Waals surface area contributed by atoms with E-state index < -0.39 is 0 Å². The normalized spacial score (nSPS) is 11.5. The molecule has 0 bridgehead atoms. The molecule has 28 heavy (non-hydrogen) atoms. The number of para-hydroxylation sites is 1. The molecule has 0 aliphatic carbocycles. The maximum Gasteiger partial charge on any atom is 0.262 e. The number of carbonyl (C=O) groups excluding carboxylic acids is 1. The lowest BCUT2D eigenvalue weighted by atomic mass is 10.2. The average molecular weight is 413 g/mol. The molecule has 1 aromatic carbocycles. The lowest BCUT2D eigenvalue weighted by molar-refractivity contribution is 0.102. The Morgan fingerprint density at radius 2 is 2.00 bits per heavy atom. The number of thiophene rings is 1. The van der Waals surface area contributed by atoms with E-state index in [0.29, 0.717) is 22.9 Å². The number of fused-ring (bicyclic) bond motifs is 3. The molecule has 0 aliphatic heterocycles. The fourth-order valence-electron chi connectivity index (χ4n) is 3.13. The van der Waals surface area contributed by atoms with Crippen molar-refractivity contribution < 1.29 is 4.79 Å². The van der Waals surface area contributed by atoms with Crippen LogP contribution in [-0.4, -0.2) is 30.7 Å². The summed E-state index contributed by atoms with van der Waals surface area (Å²) in [6.07, 6.45) is 1.87. The number of hydrogen-bond donors (Lipinski definition) is 0. The van der Waals surface area contributed by atoms with E-state index in [1.807, 2.05) is 47.7 Å². The highest BCUT2D eigenvalue weighted by atomic mass is 32.2. The van der Waals surface area contributed by atoms with Gasteiger partial charge in [0, 0.05) is 11.4 Å². The molecule has 0 radical (unpaired) electrons. The van der Waals surface area contributed by atoms with E-state index in [0.717, 1.165) is 28.1 Å². The number of carbonyl (C=O) groups is 1. The van der Waals surface area contributed by atoms with Crippen LogP contribution < -0.4 is 5.56 Å². The Hall–Kier alpha value is -2.45. The predicted octanol–water partition coefficient (Wildman–Crippen LogP) is 4.19. The van der Waals surface area contributed by atoms with Gasteiger partial charge >= 0.3 is 0 Å². The van der Waals surface area contributed by atoms with Crippen LogP contribution in [0.15, 0.2) is 46.3 Å². The summed E-state index contributed by atoms with van der Waals surface area (Å²) in [7, 11) is 0. The number of aryl methyl sites for hydroxylation is 2. The van der Waals surface area contributed by atoms with Crippen molar-refractivity contribution in [3.05, 3.63) is 56.5 Å². The van der Waals surface area contributed by atoms with Gasteiger partial charge < -0.3 is 0 Å². The number of ketones is 1. The van der Waals surface area contributed by atoms with Gasteiger partial charge in [0.1, 0.15) is 0 Å². The quantitative estimate of drug-likeness (QED) is 0.336. The van der Waals surface area contributed by atoms with Crippen molar-refractivity contribution in [1.29, 1.82) is 0 Å². The van der Waals surface area contributed by atoms with Crippen LogP contribution in [0.5, 0.6) is 0 Å². The third-order valence-electron chi connectivity index (χ3n) is 4.56. The van der Waals surface area contributed by atoms with Crippen LogP contribution in [0, 0.1) is 6.92 Å². The van der Waals surface area contributed by atoms with Gasteiger partial charge in [0.05, 0.1) is 21.5 Å². The third kappa shape index (κ3) is 3.38. The first kappa shape index (κ1) is 18.9. The maximum atomic E-state index is 12.9. The SMILES string of the molecule is CCCCn1c(=O)c2ccccc2n2c(SCC(=O)c3ccc(C)s3)nnc12. The second kappa shape index (κ2) is 7.89. The first-order valence-electron chi connectivity index (χ1n) is 9.19. The average Bonchev–Trinajstić information content (AvgIpc) is 3.33. The van der Waals surface area contributed by atoms with Crippen molar-refractivity contribution in [1.82, 2.24) is 19.2 Å². The van der Waals surface area contributed by atoms with Crippen LogP contribution >= 0.6 is 23.1 Å². The summed E-state index contributed by atoms with van der Waals surface area (Å²) in [5, 5.41) is 9.83. The molecule has 0 amide bonds. The fraction of sp³-hybridized carbons (Fsp3) is 0.300. The van der Waals surface area contributed by atoms with Crippen molar-refractivity contribution in [2.75, 3.05) is 5.75 Å². The number of benzene rings is 1. The summed E-state index contributed by atoms with van der Waals surface area (Å²) in [6, 6.07) is 11.3. The number of unbranched alkanes of at least 4 members (excludes halogenated alkanes) is 1. The lowest BCUT2D eigenvalue weighted by Crippen LogP contribution is -2.23. The van der Waals surface area contributed by atoms with E-state index in [1.165, 1.54) is 23.1 Å². The van der Waals surface area contributed by atoms with Gasteiger partial charge in [-0.1, -0.05) is 37.2 Å². The predicted molar refractivity (Wildman–Crippen MR) is 114 cm³/mol. The molecule has 0 atom stereocenters.